The summed E-state index contributed by atoms with van der Waals surface area (Å²) in [5, 5.41) is 18.5. The molecule has 1 aliphatic heterocycles. The van der Waals surface area contributed by atoms with Crippen molar-refractivity contribution in [2.75, 3.05) is 11.4 Å². The third-order valence-corrected chi connectivity index (χ3v) is 3.51. The van der Waals surface area contributed by atoms with Crippen LogP contribution in [0.15, 0.2) is 12.4 Å². The van der Waals surface area contributed by atoms with Crippen LogP contribution in [-0.4, -0.2) is 33.1 Å². The molecule has 1 N–H and O–H groups in total. The zero-order valence-corrected chi connectivity index (χ0v) is 10.1. The first-order chi connectivity index (χ1) is 8.65. The first-order valence-corrected chi connectivity index (χ1v) is 5.88. The predicted octanol–water partition coefficient (Wildman–Crippen LogP) is 1.18. The Kier molecular flexibility index (Phi) is 3.15. The van der Waals surface area contributed by atoms with Gasteiger partial charge in [0.05, 0.1) is 0 Å². The lowest BCUT2D eigenvalue weighted by Gasteiger charge is -2.34. The van der Waals surface area contributed by atoms with E-state index in [0.717, 1.165) is 6.42 Å². The van der Waals surface area contributed by atoms with Gasteiger partial charge in [0.2, 0.25) is 0 Å². The maximum absolute atomic E-state index is 11.6. The Balaban J connectivity index is 2.50. The van der Waals surface area contributed by atoms with E-state index in [9.17, 15) is 9.90 Å². The van der Waals surface area contributed by atoms with Crippen molar-refractivity contribution in [3.05, 3.63) is 18.1 Å². The van der Waals surface area contributed by atoms with E-state index in [0.29, 0.717) is 25.2 Å². The predicted molar refractivity (Wildman–Crippen MR) is 64.0 cm³/mol. The Bertz CT molecular complexity index is 511. The molecule has 0 aromatic carbocycles. The molecule has 2 heterocycles. The molecule has 0 radical (unpaired) electrons. The number of carboxylic acid groups (broad SMARTS) is 1. The number of hydrogen-bond donors (Lipinski definition) is 1. The molecule has 1 fully saturated rings. The van der Waals surface area contributed by atoms with Crippen LogP contribution >= 0.6 is 0 Å². The maximum atomic E-state index is 11.6. The van der Waals surface area contributed by atoms with Crippen molar-refractivity contribution in [1.82, 2.24) is 9.97 Å². The highest BCUT2D eigenvalue weighted by Gasteiger charge is 2.47. The second kappa shape index (κ2) is 4.61. The molecule has 2 rings (SSSR count). The van der Waals surface area contributed by atoms with Gasteiger partial charge in [-0.1, -0.05) is 6.92 Å². The van der Waals surface area contributed by atoms with Gasteiger partial charge in [-0.25, -0.2) is 14.8 Å². The lowest BCUT2D eigenvalue weighted by Crippen LogP contribution is -2.51. The van der Waals surface area contributed by atoms with Crippen LogP contribution in [0.25, 0.3) is 0 Å². The molecular weight excluding hydrogens is 232 g/mol. The van der Waals surface area contributed by atoms with E-state index < -0.39 is 11.5 Å². The van der Waals surface area contributed by atoms with Gasteiger partial charge in [0.15, 0.2) is 11.5 Å². The van der Waals surface area contributed by atoms with Gasteiger partial charge in [0.25, 0.3) is 0 Å². The van der Waals surface area contributed by atoms with Gasteiger partial charge in [-0.2, -0.15) is 5.26 Å². The Morgan fingerprint density at radius 3 is 2.94 bits per heavy atom. The number of anilines is 1. The Morgan fingerprint density at radius 2 is 2.33 bits per heavy atom. The van der Waals surface area contributed by atoms with Gasteiger partial charge in [0.1, 0.15) is 11.6 Å². The number of carboxylic acids is 1. The standard InChI is InChI=1S/C12H14N4O2/c1-2-12(11(17)18)4-3-7-16(12)10-9(8-13)14-5-6-15-10/h5-6H,2-4,7H2,1H3,(H,17,18). The SMILES string of the molecule is CCC1(C(=O)O)CCCN1c1nccnc1C#N. The molecule has 1 saturated heterocycles. The molecule has 0 amide bonds. The van der Waals surface area contributed by atoms with Crippen LogP contribution in [0.2, 0.25) is 0 Å². The van der Waals surface area contributed by atoms with E-state index in [1.165, 1.54) is 12.4 Å². The van der Waals surface area contributed by atoms with Crippen LogP contribution in [0, 0.1) is 11.3 Å². The normalized spacial score (nSPS) is 22.8. The summed E-state index contributed by atoms with van der Waals surface area (Å²) in [4.78, 5) is 21.4. The van der Waals surface area contributed by atoms with E-state index in [1.807, 2.05) is 13.0 Å². The largest absolute Gasteiger partial charge is 0.479 e. The van der Waals surface area contributed by atoms with Gasteiger partial charge in [-0.05, 0) is 19.3 Å². The number of carbonyl (C=O) groups is 1. The zero-order valence-electron chi connectivity index (χ0n) is 10.1. The summed E-state index contributed by atoms with van der Waals surface area (Å²) >= 11 is 0. The average Bonchev–Trinajstić information content (AvgIpc) is 2.83. The highest BCUT2D eigenvalue weighted by atomic mass is 16.4. The highest BCUT2D eigenvalue weighted by molar-refractivity contribution is 5.84. The molecular formula is C12H14N4O2. The lowest BCUT2D eigenvalue weighted by molar-refractivity contribution is -0.143. The van der Waals surface area contributed by atoms with Crippen LogP contribution in [0.1, 0.15) is 31.9 Å². The van der Waals surface area contributed by atoms with Gasteiger partial charge >= 0.3 is 5.97 Å². The fourth-order valence-corrected chi connectivity index (χ4v) is 2.54. The molecule has 0 bridgehead atoms. The summed E-state index contributed by atoms with van der Waals surface area (Å²) in [5.74, 6) is -0.487. The number of nitriles is 1. The summed E-state index contributed by atoms with van der Waals surface area (Å²) in [6, 6.07) is 1.97. The average molecular weight is 246 g/mol. The van der Waals surface area contributed by atoms with Gasteiger partial charge in [0, 0.05) is 18.9 Å². The second-order valence-corrected chi connectivity index (χ2v) is 4.29. The molecule has 94 valence electrons. The van der Waals surface area contributed by atoms with Crippen molar-refractivity contribution in [1.29, 1.82) is 5.26 Å². The number of rotatable bonds is 3. The molecule has 0 spiro atoms. The quantitative estimate of drug-likeness (QED) is 0.861. The molecule has 6 heteroatoms. The minimum atomic E-state index is -0.957. The molecule has 1 unspecified atom stereocenters. The number of aliphatic carboxylic acids is 1. The monoisotopic (exact) mass is 246 g/mol. The van der Waals surface area contributed by atoms with Crippen molar-refractivity contribution in [2.24, 2.45) is 0 Å². The molecule has 1 atom stereocenters. The molecule has 1 aliphatic rings. The van der Waals surface area contributed by atoms with Gasteiger partial charge < -0.3 is 10.0 Å². The number of hydrogen-bond acceptors (Lipinski definition) is 5. The van der Waals surface area contributed by atoms with E-state index in [4.69, 9.17) is 5.26 Å². The minimum absolute atomic E-state index is 0.179. The van der Waals surface area contributed by atoms with Crippen molar-refractivity contribution in [3.8, 4) is 6.07 Å². The van der Waals surface area contributed by atoms with Crippen molar-refractivity contribution >= 4 is 11.8 Å². The Labute approximate surface area is 105 Å². The highest BCUT2D eigenvalue weighted by Crippen LogP contribution is 2.36. The van der Waals surface area contributed by atoms with Crippen LogP contribution in [0.5, 0.6) is 0 Å². The topological polar surface area (TPSA) is 90.1 Å². The Morgan fingerprint density at radius 1 is 1.61 bits per heavy atom. The smallest absolute Gasteiger partial charge is 0.329 e. The van der Waals surface area contributed by atoms with Crippen LogP contribution in [-0.2, 0) is 4.79 Å². The molecule has 0 aliphatic carbocycles. The van der Waals surface area contributed by atoms with E-state index >= 15 is 0 Å². The molecule has 6 nitrogen and oxygen atoms in total. The third kappa shape index (κ3) is 1.68. The molecule has 0 saturated carbocycles. The van der Waals surface area contributed by atoms with Crippen molar-refractivity contribution in [2.45, 2.75) is 31.7 Å². The first-order valence-electron chi connectivity index (χ1n) is 5.88. The molecule has 1 aromatic heterocycles. The number of aromatic nitrogens is 2. The molecule has 18 heavy (non-hydrogen) atoms. The van der Waals surface area contributed by atoms with E-state index in [-0.39, 0.29) is 5.69 Å². The summed E-state index contributed by atoms with van der Waals surface area (Å²) in [6.45, 7) is 2.43. The van der Waals surface area contributed by atoms with E-state index in [1.54, 1.807) is 4.90 Å². The van der Waals surface area contributed by atoms with Crippen LogP contribution in [0.3, 0.4) is 0 Å². The lowest BCUT2D eigenvalue weighted by atomic mass is 9.93. The Hall–Kier alpha value is -2.16. The summed E-state index contributed by atoms with van der Waals surface area (Å²) < 4.78 is 0. The zero-order chi connectivity index (χ0) is 13.2. The van der Waals surface area contributed by atoms with Crippen molar-refractivity contribution in [3.63, 3.8) is 0 Å². The minimum Gasteiger partial charge on any atom is -0.479 e. The van der Waals surface area contributed by atoms with Crippen molar-refractivity contribution < 1.29 is 9.90 Å². The van der Waals surface area contributed by atoms with Gasteiger partial charge in [-0.3, -0.25) is 0 Å². The van der Waals surface area contributed by atoms with Gasteiger partial charge in [-0.15, -0.1) is 0 Å². The molecule has 1 aromatic rings. The maximum Gasteiger partial charge on any atom is 0.329 e. The van der Waals surface area contributed by atoms with Crippen LogP contribution < -0.4 is 4.90 Å². The number of nitrogens with zero attached hydrogens (tertiary/aromatic N) is 4. The fraction of sp³-hybridized carbons (Fsp3) is 0.500. The summed E-state index contributed by atoms with van der Waals surface area (Å²) in [7, 11) is 0. The van der Waals surface area contributed by atoms with Crippen LogP contribution in [0.4, 0.5) is 5.82 Å². The van der Waals surface area contributed by atoms with E-state index in [2.05, 4.69) is 9.97 Å². The first kappa shape index (κ1) is 12.3. The fourth-order valence-electron chi connectivity index (χ4n) is 2.54. The summed E-state index contributed by atoms with van der Waals surface area (Å²) in [6.07, 6.45) is 4.74. The third-order valence-electron chi connectivity index (χ3n) is 3.51. The second-order valence-electron chi connectivity index (χ2n) is 4.29. The summed E-state index contributed by atoms with van der Waals surface area (Å²) in [5.41, 5.74) is -0.778.